The lowest BCUT2D eigenvalue weighted by atomic mass is 10.1. The number of hydrogen-bond acceptors (Lipinski definition) is 4. The molecule has 0 saturated heterocycles. The fraction of sp³-hybridized carbons (Fsp3) is 0.143. The standard InChI is InChI=1S/C14H12N4O2/c1-9-7-10(2)17-14(16-9)13(8-15-17)11-3-5-12(6-4-11)18(19)20/h3-8H,1-2H3. The monoisotopic (exact) mass is 268 g/mol. The average Bonchev–Trinajstić information content (AvgIpc) is 2.82. The fourth-order valence-electron chi connectivity index (χ4n) is 2.24. The number of benzene rings is 1. The second-order valence-corrected chi connectivity index (χ2v) is 4.64. The van der Waals surface area contributed by atoms with Crippen molar-refractivity contribution in [1.82, 2.24) is 14.6 Å². The molecule has 20 heavy (non-hydrogen) atoms. The topological polar surface area (TPSA) is 73.3 Å². The minimum absolute atomic E-state index is 0.0746. The maximum Gasteiger partial charge on any atom is 0.269 e. The predicted octanol–water partition coefficient (Wildman–Crippen LogP) is 2.92. The highest BCUT2D eigenvalue weighted by Crippen LogP contribution is 2.26. The van der Waals surface area contributed by atoms with Crippen LogP contribution in [0.2, 0.25) is 0 Å². The third-order valence-electron chi connectivity index (χ3n) is 3.17. The van der Waals surface area contributed by atoms with Crippen LogP contribution < -0.4 is 0 Å². The van der Waals surface area contributed by atoms with Gasteiger partial charge < -0.3 is 0 Å². The van der Waals surface area contributed by atoms with Crippen molar-refractivity contribution in [1.29, 1.82) is 0 Å². The van der Waals surface area contributed by atoms with Crippen molar-refractivity contribution >= 4 is 11.3 Å². The maximum atomic E-state index is 10.7. The smallest absolute Gasteiger partial charge is 0.258 e. The zero-order valence-corrected chi connectivity index (χ0v) is 11.1. The van der Waals surface area contributed by atoms with Gasteiger partial charge in [-0.1, -0.05) is 0 Å². The molecule has 6 nitrogen and oxygen atoms in total. The minimum atomic E-state index is -0.410. The SMILES string of the molecule is Cc1cc(C)n2ncc(-c3ccc([N+](=O)[O-])cc3)c2n1. The Bertz CT molecular complexity index is 806. The van der Waals surface area contributed by atoms with Gasteiger partial charge in [0.15, 0.2) is 5.65 Å². The molecule has 3 rings (SSSR count). The Morgan fingerprint density at radius 3 is 2.55 bits per heavy atom. The van der Waals surface area contributed by atoms with E-state index < -0.39 is 4.92 Å². The number of nitro benzene ring substituents is 1. The molecule has 0 fully saturated rings. The van der Waals surface area contributed by atoms with Gasteiger partial charge in [-0.2, -0.15) is 5.10 Å². The Morgan fingerprint density at radius 2 is 1.90 bits per heavy atom. The summed E-state index contributed by atoms with van der Waals surface area (Å²) in [5.74, 6) is 0. The molecular weight excluding hydrogens is 256 g/mol. The van der Waals surface area contributed by atoms with Crippen molar-refractivity contribution < 1.29 is 4.92 Å². The number of non-ortho nitro benzene ring substituents is 1. The second-order valence-electron chi connectivity index (χ2n) is 4.64. The highest BCUT2D eigenvalue weighted by molar-refractivity contribution is 5.77. The van der Waals surface area contributed by atoms with Crippen LogP contribution >= 0.6 is 0 Å². The fourth-order valence-corrected chi connectivity index (χ4v) is 2.24. The highest BCUT2D eigenvalue weighted by Gasteiger charge is 2.11. The Hall–Kier alpha value is -2.76. The number of nitrogens with zero attached hydrogens (tertiary/aromatic N) is 4. The molecule has 2 heterocycles. The van der Waals surface area contributed by atoms with Gasteiger partial charge in [0.1, 0.15) is 0 Å². The van der Waals surface area contributed by atoms with Crippen molar-refractivity contribution in [3.8, 4) is 11.1 Å². The summed E-state index contributed by atoms with van der Waals surface area (Å²) in [6.45, 7) is 3.90. The lowest BCUT2D eigenvalue weighted by Gasteiger charge is -2.02. The Kier molecular flexibility index (Phi) is 2.71. The molecule has 0 aliphatic heterocycles. The summed E-state index contributed by atoms with van der Waals surface area (Å²) in [6.07, 6.45) is 1.73. The summed E-state index contributed by atoms with van der Waals surface area (Å²) in [5, 5.41) is 15.0. The van der Waals surface area contributed by atoms with Crippen LogP contribution in [0.3, 0.4) is 0 Å². The van der Waals surface area contributed by atoms with E-state index in [9.17, 15) is 10.1 Å². The molecule has 0 bridgehead atoms. The van der Waals surface area contributed by atoms with Crippen LogP contribution in [0.25, 0.3) is 16.8 Å². The molecular formula is C14H12N4O2. The molecule has 0 aliphatic carbocycles. The lowest BCUT2D eigenvalue weighted by molar-refractivity contribution is -0.384. The number of fused-ring (bicyclic) bond motifs is 1. The van der Waals surface area contributed by atoms with E-state index in [1.54, 1.807) is 22.8 Å². The maximum absolute atomic E-state index is 10.7. The first kappa shape index (κ1) is 12.3. The largest absolute Gasteiger partial charge is 0.269 e. The summed E-state index contributed by atoms with van der Waals surface area (Å²) in [7, 11) is 0. The van der Waals surface area contributed by atoms with Crippen molar-refractivity contribution in [2.45, 2.75) is 13.8 Å². The van der Waals surface area contributed by atoms with Gasteiger partial charge in [0, 0.05) is 29.1 Å². The Balaban J connectivity index is 2.17. The summed E-state index contributed by atoms with van der Waals surface area (Å²) in [6, 6.07) is 8.37. The van der Waals surface area contributed by atoms with Gasteiger partial charge in [0.2, 0.25) is 0 Å². The Morgan fingerprint density at radius 1 is 1.20 bits per heavy atom. The van der Waals surface area contributed by atoms with Crippen molar-refractivity contribution in [3.63, 3.8) is 0 Å². The van der Waals surface area contributed by atoms with Gasteiger partial charge in [-0.15, -0.1) is 0 Å². The van der Waals surface area contributed by atoms with Crippen LogP contribution in [0.1, 0.15) is 11.4 Å². The minimum Gasteiger partial charge on any atom is -0.258 e. The zero-order chi connectivity index (χ0) is 14.3. The average molecular weight is 268 g/mol. The van der Waals surface area contributed by atoms with Crippen molar-refractivity contribution in [2.75, 3.05) is 0 Å². The summed E-state index contributed by atoms with van der Waals surface area (Å²) in [5.41, 5.74) is 4.48. The second kappa shape index (κ2) is 4.41. The highest BCUT2D eigenvalue weighted by atomic mass is 16.6. The number of rotatable bonds is 2. The van der Waals surface area contributed by atoms with E-state index in [0.717, 1.165) is 28.2 Å². The first-order valence-electron chi connectivity index (χ1n) is 6.13. The molecule has 0 N–H and O–H groups in total. The third-order valence-corrected chi connectivity index (χ3v) is 3.17. The van der Waals surface area contributed by atoms with Crippen molar-refractivity contribution in [2.24, 2.45) is 0 Å². The first-order valence-corrected chi connectivity index (χ1v) is 6.13. The molecule has 0 radical (unpaired) electrons. The molecule has 2 aromatic heterocycles. The van der Waals surface area contributed by atoms with Crippen LogP contribution in [0.15, 0.2) is 36.5 Å². The zero-order valence-electron chi connectivity index (χ0n) is 11.1. The molecule has 6 heteroatoms. The van der Waals surface area contributed by atoms with Gasteiger partial charge in [0.25, 0.3) is 5.69 Å². The van der Waals surface area contributed by atoms with E-state index in [1.165, 1.54) is 12.1 Å². The summed E-state index contributed by atoms with van der Waals surface area (Å²) < 4.78 is 1.77. The number of hydrogen-bond donors (Lipinski definition) is 0. The van der Waals surface area contributed by atoms with Crippen LogP contribution in [0.5, 0.6) is 0 Å². The van der Waals surface area contributed by atoms with Crippen LogP contribution in [-0.4, -0.2) is 19.5 Å². The van der Waals surface area contributed by atoms with Gasteiger partial charge >= 0.3 is 0 Å². The van der Waals surface area contributed by atoms with E-state index in [0.29, 0.717) is 0 Å². The summed E-state index contributed by atoms with van der Waals surface area (Å²) in [4.78, 5) is 14.8. The molecule has 0 unspecified atom stereocenters. The van der Waals surface area contributed by atoms with E-state index in [2.05, 4.69) is 10.1 Å². The van der Waals surface area contributed by atoms with Crippen LogP contribution in [0.4, 0.5) is 5.69 Å². The molecule has 0 atom stereocenters. The first-order chi connectivity index (χ1) is 9.56. The number of aryl methyl sites for hydroxylation is 2. The lowest BCUT2D eigenvalue weighted by Crippen LogP contribution is -1.97. The van der Waals surface area contributed by atoms with Gasteiger partial charge in [0.05, 0.1) is 11.1 Å². The van der Waals surface area contributed by atoms with E-state index in [1.807, 2.05) is 19.9 Å². The third kappa shape index (κ3) is 1.91. The van der Waals surface area contributed by atoms with E-state index in [4.69, 9.17) is 0 Å². The molecule has 0 amide bonds. The number of nitro groups is 1. The molecule has 100 valence electrons. The normalized spacial score (nSPS) is 10.9. The molecule has 3 aromatic rings. The van der Waals surface area contributed by atoms with Gasteiger partial charge in [-0.25, -0.2) is 9.50 Å². The summed E-state index contributed by atoms with van der Waals surface area (Å²) >= 11 is 0. The van der Waals surface area contributed by atoms with Crippen molar-refractivity contribution in [3.05, 3.63) is 58.0 Å². The molecule has 0 spiro atoms. The molecule has 0 saturated carbocycles. The van der Waals surface area contributed by atoms with E-state index in [-0.39, 0.29) is 5.69 Å². The van der Waals surface area contributed by atoms with E-state index >= 15 is 0 Å². The van der Waals surface area contributed by atoms with Gasteiger partial charge in [-0.3, -0.25) is 10.1 Å². The van der Waals surface area contributed by atoms with Gasteiger partial charge in [-0.05, 0) is 37.6 Å². The van der Waals surface area contributed by atoms with Crippen LogP contribution in [0, 0.1) is 24.0 Å². The number of aromatic nitrogens is 3. The molecule has 0 aliphatic rings. The molecule has 1 aromatic carbocycles. The predicted molar refractivity (Wildman–Crippen MR) is 74.6 cm³/mol. The van der Waals surface area contributed by atoms with Crippen LogP contribution in [-0.2, 0) is 0 Å². The quantitative estimate of drug-likeness (QED) is 0.529. The Labute approximate surface area is 114 Å².